The SMILES string of the molecule is Cc1ccc(C2(CO)CC(F)C2)cc1C. The zero-order valence-electron chi connectivity index (χ0n) is 9.26. The minimum atomic E-state index is -0.737. The molecule has 1 aromatic carbocycles. The number of aryl methyl sites for hydroxylation is 2. The molecule has 0 saturated heterocycles. The van der Waals surface area contributed by atoms with Gasteiger partial charge >= 0.3 is 0 Å². The van der Waals surface area contributed by atoms with E-state index in [-0.39, 0.29) is 12.0 Å². The zero-order chi connectivity index (χ0) is 11.1. The number of aliphatic hydroxyl groups excluding tert-OH is 1. The summed E-state index contributed by atoms with van der Waals surface area (Å²) in [6.07, 6.45) is 0.191. The lowest BCUT2D eigenvalue weighted by atomic mass is 9.63. The van der Waals surface area contributed by atoms with Crippen molar-refractivity contribution < 1.29 is 9.50 Å². The smallest absolute Gasteiger partial charge is 0.102 e. The Morgan fingerprint density at radius 2 is 2.00 bits per heavy atom. The van der Waals surface area contributed by atoms with Crippen molar-refractivity contribution in [2.45, 2.75) is 38.3 Å². The van der Waals surface area contributed by atoms with Crippen LogP contribution in [0.4, 0.5) is 4.39 Å². The highest BCUT2D eigenvalue weighted by Gasteiger charge is 2.45. The lowest BCUT2D eigenvalue weighted by Gasteiger charge is -2.43. The molecule has 0 unspecified atom stereocenters. The van der Waals surface area contributed by atoms with Crippen molar-refractivity contribution in [2.75, 3.05) is 6.61 Å². The van der Waals surface area contributed by atoms with Gasteiger partial charge in [-0.1, -0.05) is 18.2 Å². The van der Waals surface area contributed by atoms with E-state index in [1.807, 2.05) is 12.1 Å². The molecule has 1 fully saturated rings. The normalized spacial score (nSPS) is 30.0. The Labute approximate surface area is 89.9 Å². The van der Waals surface area contributed by atoms with Crippen LogP contribution < -0.4 is 0 Å². The lowest BCUT2D eigenvalue weighted by Crippen LogP contribution is -2.45. The van der Waals surface area contributed by atoms with Crippen LogP contribution in [0.25, 0.3) is 0 Å². The van der Waals surface area contributed by atoms with E-state index in [4.69, 9.17) is 0 Å². The van der Waals surface area contributed by atoms with Gasteiger partial charge in [-0.2, -0.15) is 0 Å². The molecule has 0 spiro atoms. The molecule has 1 aliphatic rings. The van der Waals surface area contributed by atoms with Crippen LogP contribution in [-0.4, -0.2) is 17.9 Å². The maximum Gasteiger partial charge on any atom is 0.102 e. The number of alkyl halides is 1. The highest BCUT2D eigenvalue weighted by molar-refractivity contribution is 5.36. The molecule has 0 amide bonds. The van der Waals surface area contributed by atoms with Gasteiger partial charge in [0.15, 0.2) is 0 Å². The molecular weight excluding hydrogens is 191 g/mol. The van der Waals surface area contributed by atoms with Gasteiger partial charge in [0.25, 0.3) is 0 Å². The summed E-state index contributed by atoms with van der Waals surface area (Å²) >= 11 is 0. The first-order valence-corrected chi connectivity index (χ1v) is 5.40. The molecule has 0 aromatic heterocycles. The highest BCUT2D eigenvalue weighted by atomic mass is 19.1. The topological polar surface area (TPSA) is 20.2 Å². The van der Waals surface area contributed by atoms with Crippen LogP contribution in [-0.2, 0) is 5.41 Å². The molecule has 0 heterocycles. The van der Waals surface area contributed by atoms with Crippen molar-refractivity contribution in [3.05, 3.63) is 34.9 Å². The first-order valence-electron chi connectivity index (χ1n) is 5.40. The molecule has 1 nitrogen and oxygen atoms in total. The molecule has 0 radical (unpaired) electrons. The van der Waals surface area contributed by atoms with E-state index in [9.17, 15) is 9.50 Å². The second kappa shape index (κ2) is 3.60. The average Bonchev–Trinajstić information content (AvgIpc) is 2.17. The highest BCUT2D eigenvalue weighted by Crippen LogP contribution is 2.45. The molecule has 0 atom stereocenters. The first kappa shape index (κ1) is 10.6. The van der Waals surface area contributed by atoms with Crippen molar-refractivity contribution >= 4 is 0 Å². The number of aliphatic hydroxyl groups is 1. The Kier molecular flexibility index (Phi) is 2.55. The van der Waals surface area contributed by atoms with Crippen LogP contribution in [0.1, 0.15) is 29.5 Å². The molecule has 0 aliphatic heterocycles. The summed E-state index contributed by atoms with van der Waals surface area (Å²) in [4.78, 5) is 0. The summed E-state index contributed by atoms with van der Waals surface area (Å²) in [6.45, 7) is 4.16. The molecule has 15 heavy (non-hydrogen) atoms. The summed E-state index contributed by atoms with van der Waals surface area (Å²) in [5.41, 5.74) is 3.23. The molecule has 1 saturated carbocycles. The largest absolute Gasteiger partial charge is 0.395 e. The molecular formula is C13H17FO. The number of benzene rings is 1. The molecule has 1 N–H and O–H groups in total. The van der Waals surface area contributed by atoms with Gasteiger partial charge in [0, 0.05) is 5.41 Å². The van der Waals surface area contributed by atoms with E-state index in [1.165, 1.54) is 11.1 Å². The van der Waals surface area contributed by atoms with Gasteiger partial charge in [-0.05, 0) is 43.4 Å². The Morgan fingerprint density at radius 3 is 2.47 bits per heavy atom. The Morgan fingerprint density at radius 1 is 1.33 bits per heavy atom. The summed E-state index contributed by atoms with van der Waals surface area (Å²) in [5.74, 6) is 0. The number of hydrogen-bond acceptors (Lipinski definition) is 1. The van der Waals surface area contributed by atoms with Gasteiger partial charge in [-0.25, -0.2) is 4.39 Å². The predicted molar refractivity (Wildman–Crippen MR) is 58.8 cm³/mol. The summed E-state index contributed by atoms with van der Waals surface area (Å²) < 4.78 is 13.0. The summed E-state index contributed by atoms with van der Waals surface area (Å²) in [6, 6.07) is 6.15. The Bertz CT molecular complexity index is 367. The van der Waals surface area contributed by atoms with Gasteiger partial charge in [-0.3, -0.25) is 0 Å². The number of hydrogen-bond donors (Lipinski definition) is 1. The third kappa shape index (κ3) is 1.67. The van der Waals surface area contributed by atoms with Crippen molar-refractivity contribution in [2.24, 2.45) is 0 Å². The number of rotatable bonds is 2. The second-order valence-electron chi connectivity index (χ2n) is 4.74. The molecule has 2 heteroatoms. The van der Waals surface area contributed by atoms with Gasteiger partial charge in [0.05, 0.1) is 6.61 Å². The van der Waals surface area contributed by atoms with Gasteiger partial charge in [0.1, 0.15) is 6.17 Å². The lowest BCUT2D eigenvalue weighted by molar-refractivity contribution is 0.0410. The predicted octanol–water partition coefficient (Wildman–Crippen LogP) is 2.67. The standard InChI is InChI=1S/C13H17FO/c1-9-3-4-11(5-10(9)2)13(8-15)6-12(14)7-13/h3-5,12,15H,6-8H2,1-2H3. The fraction of sp³-hybridized carbons (Fsp3) is 0.538. The Balaban J connectivity index is 2.32. The maximum absolute atomic E-state index is 13.0. The van der Waals surface area contributed by atoms with Crippen LogP contribution in [0.15, 0.2) is 18.2 Å². The third-order valence-electron chi connectivity index (χ3n) is 3.65. The second-order valence-corrected chi connectivity index (χ2v) is 4.74. The van der Waals surface area contributed by atoms with Crippen LogP contribution in [0, 0.1) is 13.8 Å². The zero-order valence-corrected chi connectivity index (χ0v) is 9.26. The van der Waals surface area contributed by atoms with Crippen molar-refractivity contribution in [1.82, 2.24) is 0 Å². The van der Waals surface area contributed by atoms with E-state index < -0.39 is 6.17 Å². The summed E-state index contributed by atoms with van der Waals surface area (Å²) in [7, 11) is 0. The quantitative estimate of drug-likeness (QED) is 0.792. The first-order chi connectivity index (χ1) is 7.07. The fourth-order valence-corrected chi connectivity index (χ4v) is 2.32. The van der Waals surface area contributed by atoms with E-state index in [1.54, 1.807) is 0 Å². The van der Waals surface area contributed by atoms with Crippen LogP contribution >= 0.6 is 0 Å². The van der Waals surface area contributed by atoms with Crippen LogP contribution in [0.2, 0.25) is 0 Å². The molecule has 0 bridgehead atoms. The summed E-state index contributed by atoms with van der Waals surface area (Å²) in [5, 5.41) is 9.40. The molecule has 1 aliphatic carbocycles. The van der Waals surface area contributed by atoms with Gasteiger partial charge < -0.3 is 5.11 Å². The minimum Gasteiger partial charge on any atom is -0.395 e. The van der Waals surface area contributed by atoms with Crippen molar-refractivity contribution in [1.29, 1.82) is 0 Å². The van der Waals surface area contributed by atoms with E-state index in [0.717, 1.165) is 5.56 Å². The van der Waals surface area contributed by atoms with Crippen molar-refractivity contribution in [3.63, 3.8) is 0 Å². The van der Waals surface area contributed by atoms with Crippen molar-refractivity contribution in [3.8, 4) is 0 Å². The van der Waals surface area contributed by atoms with Crippen LogP contribution in [0.3, 0.4) is 0 Å². The average molecular weight is 208 g/mol. The maximum atomic E-state index is 13.0. The molecule has 1 aromatic rings. The fourth-order valence-electron chi connectivity index (χ4n) is 2.32. The molecule has 2 rings (SSSR count). The van der Waals surface area contributed by atoms with Gasteiger partial charge in [-0.15, -0.1) is 0 Å². The van der Waals surface area contributed by atoms with Gasteiger partial charge in [0.2, 0.25) is 0 Å². The van der Waals surface area contributed by atoms with E-state index in [0.29, 0.717) is 12.8 Å². The van der Waals surface area contributed by atoms with E-state index >= 15 is 0 Å². The number of halogens is 1. The Hall–Kier alpha value is -0.890. The van der Waals surface area contributed by atoms with Crippen LogP contribution in [0.5, 0.6) is 0 Å². The van der Waals surface area contributed by atoms with E-state index in [2.05, 4.69) is 19.9 Å². The molecule has 82 valence electrons. The minimum absolute atomic E-state index is 0.0515. The third-order valence-corrected chi connectivity index (χ3v) is 3.65. The monoisotopic (exact) mass is 208 g/mol.